The smallest absolute Gasteiger partial charge is 0.0627 e. The Kier molecular flexibility index (Phi) is 3.98. The summed E-state index contributed by atoms with van der Waals surface area (Å²) < 4.78 is 0. The molecular formula is C15H27N3. The standard InChI is InChI=1S/C15H27N3/c1-15(2)11-13(16-17(3)4)10-14(12-15)18-8-6-5-7-9-18/h10H,5-9,11-12H2,1-4H3. The van der Waals surface area contributed by atoms with Gasteiger partial charge in [0.15, 0.2) is 0 Å². The Morgan fingerprint density at radius 2 is 1.78 bits per heavy atom. The first-order valence-corrected chi connectivity index (χ1v) is 7.17. The van der Waals surface area contributed by atoms with Crippen LogP contribution in [0.4, 0.5) is 0 Å². The number of likely N-dealkylation sites (tertiary alicyclic amines) is 1. The third kappa shape index (κ3) is 3.50. The van der Waals surface area contributed by atoms with Crippen LogP contribution in [0, 0.1) is 5.41 Å². The first kappa shape index (κ1) is 13.4. The van der Waals surface area contributed by atoms with E-state index < -0.39 is 0 Å². The van der Waals surface area contributed by atoms with Gasteiger partial charge in [-0.2, -0.15) is 5.10 Å². The summed E-state index contributed by atoms with van der Waals surface area (Å²) in [6.45, 7) is 7.18. The Bertz CT molecular complexity index is 347. The quantitative estimate of drug-likeness (QED) is 0.700. The number of piperidine rings is 1. The van der Waals surface area contributed by atoms with Gasteiger partial charge in [-0.05, 0) is 43.6 Å². The van der Waals surface area contributed by atoms with E-state index in [9.17, 15) is 0 Å². The summed E-state index contributed by atoms with van der Waals surface area (Å²) >= 11 is 0. The molecule has 102 valence electrons. The Morgan fingerprint density at radius 3 is 2.39 bits per heavy atom. The minimum atomic E-state index is 0.344. The van der Waals surface area contributed by atoms with Crippen LogP contribution in [0.5, 0.6) is 0 Å². The molecule has 0 aromatic rings. The van der Waals surface area contributed by atoms with Gasteiger partial charge >= 0.3 is 0 Å². The molecule has 3 heteroatoms. The molecule has 0 aromatic carbocycles. The van der Waals surface area contributed by atoms with Crippen molar-refractivity contribution in [1.82, 2.24) is 9.91 Å². The largest absolute Gasteiger partial charge is 0.375 e. The maximum Gasteiger partial charge on any atom is 0.0627 e. The van der Waals surface area contributed by atoms with Crippen molar-refractivity contribution in [2.75, 3.05) is 27.2 Å². The van der Waals surface area contributed by atoms with E-state index in [1.54, 1.807) is 0 Å². The predicted octanol–water partition coefficient (Wildman–Crippen LogP) is 3.09. The summed E-state index contributed by atoms with van der Waals surface area (Å²) in [5.41, 5.74) is 3.08. The lowest BCUT2D eigenvalue weighted by atomic mass is 9.78. The second kappa shape index (κ2) is 5.33. The fraction of sp³-hybridized carbons (Fsp3) is 0.800. The molecule has 0 bridgehead atoms. The maximum absolute atomic E-state index is 4.62. The number of hydrogen-bond donors (Lipinski definition) is 0. The number of rotatable bonds is 2. The van der Waals surface area contributed by atoms with E-state index in [4.69, 9.17) is 0 Å². The van der Waals surface area contributed by atoms with Crippen LogP contribution in [-0.4, -0.2) is 42.8 Å². The molecule has 3 nitrogen and oxygen atoms in total. The van der Waals surface area contributed by atoms with Crippen LogP contribution in [0.1, 0.15) is 46.0 Å². The van der Waals surface area contributed by atoms with Crippen molar-refractivity contribution >= 4 is 5.71 Å². The molecule has 18 heavy (non-hydrogen) atoms. The normalized spacial score (nSPS) is 26.1. The molecule has 0 saturated carbocycles. The molecule has 0 spiro atoms. The molecule has 2 aliphatic rings. The second-order valence-electron chi connectivity index (χ2n) is 6.64. The lowest BCUT2D eigenvalue weighted by Crippen LogP contribution is -2.35. The highest BCUT2D eigenvalue weighted by atomic mass is 15.4. The summed E-state index contributed by atoms with van der Waals surface area (Å²) in [7, 11) is 4.01. The van der Waals surface area contributed by atoms with Crippen molar-refractivity contribution in [1.29, 1.82) is 0 Å². The lowest BCUT2D eigenvalue weighted by Gasteiger charge is -2.38. The third-order valence-corrected chi connectivity index (χ3v) is 3.74. The molecular weight excluding hydrogens is 222 g/mol. The minimum Gasteiger partial charge on any atom is -0.375 e. The fourth-order valence-electron chi connectivity index (χ4n) is 3.04. The zero-order valence-electron chi connectivity index (χ0n) is 12.4. The number of hydrogen-bond acceptors (Lipinski definition) is 3. The van der Waals surface area contributed by atoms with Crippen LogP contribution in [0.15, 0.2) is 16.9 Å². The number of hydrazone groups is 1. The van der Waals surface area contributed by atoms with Gasteiger partial charge in [0.05, 0.1) is 5.71 Å². The molecule has 1 aliphatic carbocycles. The van der Waals surface area contributed by atoms with Gasteiger partial charge in [-0.1, -0.05) is 13.8 Å². The number of allylic oxidation sites excluding steroid dienone is 2. The highest BCUT2D eigenvalue weighted by Gasteiger charge is 2.29. The molecule has 0 amide bonds. The molecule has 0 unspecified atom stereocenters. The Balaban J connectivity index is 2.18. The van der Waals surface area contributed by atoms with Crippen molar-refractivity contribution < 1.29 is 0 Å². The molecule has 1 heterocycles. The van der Waals surface area contributed by atoms with Crippen molar-refractivity contribution in [2.45, 2.75) is 46.0 Å². The van der Waals surface area contributed by atoms with Crippen LogP contribution in [-0.2, 0) is 0 Å². The summed E-state index contributed by atoms with van der Waals surface area (Å²) in [4.78, 5) is 2.58. The van der Waals surface area contributed by atoms with Crippen molar-refractivity contribution in [3.05, 3.63) is 11.8 Å². The topological polar surface area (TPSA) is 18.8 Å². The van der Waals surface area contributed by atoms with E-state index in [0.717, 1.165) is 6.42 Å². The summed E-state index contributed by atoms with van der Waals surface area (Å²) in [5, 5.41) is 6.54. The number of nitrogens with zero attached hydrogens (tertiary/aromatic N) is 3. The van der Waals surface area contributed by atoms with E-state index >= 15 is 0 Å². The molecule has 0 atom stereocenters. The van der Waals surface area contributed by atoms with E-state index in [1.807, 2.05) is 19.1 Å². The van der Waals surface area contributed by atoms with Gasteiger partial charge < -0.3 is 9.91 Å². The average molecular weight is 249 g/mol. The first-order chi connectivity index (χ1) is 8.46. The Morgan fingerprint density at radius 1 is 1.11 bits per heavy atom. The molecule has 1 fully saturated rings. The molecule has 0 N–H and O–H groups in total. The second-order valence-corrected chi connectivity index (χ2v) is 6.64. The van der Waals surface area contributed by atoms with Crippen LogP contribution in [0.3, 0.4) is 0 Å². The van der Waals surface area contributed by atoms with E-state index in [1.165, 1.54) is 50.2 Å². The van der Waals surface area contributed by atoms with Gasteiger partial charge in [-0.3, -0.25) is 0 Å². The molecule has 0 aromatic heterocycles. The van der Waals surface area contributed by atoms with Gasteiger partial charge in [-0.25, -0.2) is 0 Å². The summed E-state index contributed by atoms with van der Waals surface area (Å²) in [6, 6.07) is 0. The highest BCUT2D eigenvalue weighted by molar-refractivity contribution is 5.96. The van der Waals surface area contributed by atoms with Crippen LogP contribution in [0.2, 0.25) is 0 Å². The highest BCUT2D eigenvalue weighted by Crippen LogP contribution is 2.36. The molecule has 0 radical (unpaired) electrons. The maximum atomic E-state index is 4.62. The summed E-state index contributed by atoms with van der Waals surface area (Å²) in [5.74, 6) is 0. The van der Waals surface area contributed by atoms with Gasteiger partial charge in [0.25, 0.3) is 0 Å². The lowest BCUT2D eigenvalue weighted by molar-refractivity contribution is 0.240. The first-order valence-electron chi connectivity index (χ1n) is 7.17. The van der Waals surface area contributed by atoms with Crippen LogP contribution < -0.4 is 0 Å². The summed E-state index contributed by atoms with van der Waals surface area (Å²) in [6.07, 6.45) is 8.69. The third-order valence-electron chi connectivity index (χ3n) is 3.74. The fourth-order valence-corrected chi connectivity index (χ4v) is 3.04. The van der Waals surface area contributed by atoms with Gasteiger partial charge in [0, 0.05) is 32.9 Å². The van der Waals surface area contributed by atoms with Crippen molar-refractivity contribution in [2.24, 2.45) is 10.5 Å². The van der Waals surface area contributed by atoms with Crippen molar-refractivity contribution in [3.8, 4) is 0 Å². The van der Waals surface area contributed by atoms with Crippen LogP contribution >= 0.6 is 0 Å². The predicted molar refractivity (Wildman–Crippen MR) is 77.6 cm³/mol. The Hall–Kier alpha value is -0.990. The van der Waals surface area contributed by atoms with E-state index in [0.29, 0.717) is 5.41 Å². The minimum absolute atomic E-state index is 0.344. The van der Waals surface area contributed by atoms with Gasteiger partial charge in [-0.15, -0.1) is 0 Å². The van der Waals surface area contributed by atoms with E-state index in [-0.39, 0.29) is 0 Å². The van der Waals surface area contributed by atoms with Gasteiger partial charge in [0.1, 0.15) is 0 Å². The molecule has 2 rings (SSSR count). The average Bonchev–Trinajstić information content (AvgIpc) is 2.27. The zero-order chi connectivity index (χ0) is 13.2. The van der Waals surface area contributed by atoms with Crippen molar-refractivity contribution in [3.63, 3.8) is 0 Å². The monoisotopic (exact) mass is 249 g/mol. The molecule has 1 saturated heterocycles. The molecule has 1 aliphatic heterocycles. The van der Waals surface area contributed by atoms with E-state index in [2.05, 4.69) is 29.9 Å². The van der Waals surface area contributed by atoms with Gasteiger partial charge in [0.2, 0.25) is 0 Å². The van der Waals surface area contributed by atoms with Crippen LogP contribution in [0.25, 0.3) is 0 Å². The Labute approximate surface area is 112 Å². The SMILES string of the molecule is CN(C)N=C1C=C(N2CCCCC2)CC(C)(C)C1. The zero-order valence-corrected chi connectivity index (χ0v) is 12.4.